The number of hydrogen-bond acceptors (Lipinski definition) is 7. The van der Waals surface area contributed by atoms with Gasteiger partial charge < -0.3 is 25.4 Å². The summed E-state index contributed by atoms with van der Waals surface area (Å²) in [7, 11) is 0. The van der Waals surface area contributed by atoms with Gasteiger partial charge in [0.25, 0.3) is 0 Å². The first kappa shape index (κ1) is 32.7. The first-order valence-corrected chi connectivity index (χ1v) is 14.0. The number of aromatic hydroxyl groups is 1. The Kier molecular flexibility index (Phi) is 9.10. The fourth-order valence-corrected chi connectivity index (χ4v) is 6.46. The Morgan fingerprint density at radius 3 is 2.55 bits per heavy atom. The van der Waals surface area contributed by atoms with Crippen LogP contribution in [0, 0.1) is 56.8 Å². The number of halogens is 6. The van der Waals surface area contributed by atoms with E-state index in [4.69, 9.17) is 10.5 Å². The molecule has 3 aromatic rings. The van der Waals surface area contributed by atoms with Crippen LogP contribution >= 0.6 is 0 Å². The molecule has 1 aliphatic carbocycles. The number of alkyl halides is 5. The van der Waals surface area contributed by atoms with Crippen molar-refractivity contribution in [2.75, 3.05) is 36.9 Å². The Balaban J connectivity index is 0.000000327. The third-order valence-electron chi connectivity index (χ3n) is 8.33. The van der Waals surface area contributed by atoms with E-state index in [0.29, 0.717) is 12.1 Å². The third kappa shape index (κ3) is 5.97. The molecular formula is C30H30F6N5O2U-. The number of aromatic nitrogens is 2. The van der Waals surface area contributed by atoms with E-state index in [2.05, 4.69) is 14.9 Å². The maximum atomic E-state index is 15.9. The van der Waals surface area contributed by atoms with Crippen molar-refractivity contribution in [3.8, 4) is 17.1 Å². The molecule has 234 valence electrons. The zero-order chi connectivity index (χ0) is 30.8. The van der Waals surface area contributed by atoms with E-state index in [0.717, 1.165) is 25.5 Å². The third-order valence-corrected chi connectivity index (χ3v) is 8.33. The van der Waals surface area contributed by atoms with Gasteiger partial charge in [0, 0.05) is 53.3 Å². The summed E-state index contributed by atoms with van der Waals surface area (Å²) in [6.45, 7) is 4.89. The van der Waals surface area contributed by atoms with Crippen LogP contribution in [0.1, 0.15) is 36.0 Å². The van der Waals surface area contributed by atoms with Crippen molar-refractivity contribution in [2.45, 2.75) is 57.7 Å². The minimum Gasteiger partial charge on any atom is -0.499 e. The molecule has 3 fully saturated rings. The van der Waals surface area contributed by atoms with Crippen molar-refractivity contribution in [1.29, 1.82) is 0 Å². The molecule has 3 aliphatic heterocycles. The standard InChI is InChI=1S/C23H19F5N4O2.C7H11FN.U/c1-9-6-13-19(18(25)15(9)12-7-11(29)5-10(2)16(12)23(26,27)28)30-22(33)31-21(13)32-3-4-34-8-14-17(24)20(14)32;8-6-4-7-2-1-3-9(7)5-6;/h5-8,17,20H,3-4,29H2,1-2H3,(H,30,31,33);6H,1-5H2;/q;-1;/t17-,20-;6-;/m01./s1. The van der Waals surface area contributed by atoms with Crippen molar-refractivity contribution in [3.05, 3.63) is 58.6 Å². The van der Waals surface area contributed by atoms with Crippen LogP contribution in [0.2, 0.25) is 0 Å². The SMILES string of the molecule is Cc1cc2c(N3CCOC=C4[C@H](F)[C@H]43)nc(O)nc2c(F)c1-c1cc(N)cc(C)c1C(F)(F)F.F[C@@H]1C[C-]2CCCN2C1.[U]. The molecule has 3 atom stereocenters. The molecule has 1 aromatic heterocycles. The minimum atomic E-state index is -4.77. The van der Waals surface area contributed by atoms with Crippen LogP contribution in [0.15, 0.2) is 30.0 Å². The van der Waals surface area contributed by atoms with E-state index in [-0.39, 0.29) is 83.4 Å². The smallest absolute Gasteiger partial charge is 0.417 e. The monoisotopic (exact) mass is 844 g/mol. The van der Waals surface area contributed by atoms with Crippen molar-refractivity contribution in [3.63, 3.8) is 0 Å². The molecule has 7 rings (SSSR count). The quantitative estimate of drug-likeness (QED) is 0.182. The molecule has 2 aromatic carbocycles. The van der Waals surface area contributed by atoms with Gasteiger partial charge in [-0.25, -0.2) is 19.2 Å². The van der Waals surface area contributed by atoms with Crippen molar-refractivity contribution < 1.29 is 67.3 Å². The fourth-order valence-electron chi connectivity index (χ4n) is 6.46. The Bertz CT molecular complexity index is 1610. The van der Waals surface area contributed by atoms with Gasteiger partial charge in [-0.05, 0) is 61.8 Å². The predicted octanol–water partition coefficient (Wildman–Crippen LogP) is 6.16. The van der Waals surface area contributed by atoms with Gasteiger partial charge in [-0.1, -0.05) is 6.42 Å². The molecule has 3 N–H and O–H groups in total. The Hall–Kier alpha value is -2.69. The summed E-state index contributed by atoms with van der Waals surface area (Å²) in [5, 5.41) is 10.3. The number of nitrogens with two attached hydrogens (primary N) is 1. The number of aryl methyl sites for hydroxylation is 2. The summed E-state index contributed by atoms with van der Waals surface area (Å²) in [5.41, 5.74) is 4.08. The molecule has 0 spiro atoms. The van der Waals surface area contributed by atoms with E-state index in [1.165, 1.54) is 49.6 Å². The van der Waals surface area contributed by atoms with E-state index in [1.807, 2.05) is 0 Å². The van der Waals surface area contributed by atoms with Gasteiger partial charge in [-0.15, -0.1) is 6.42 Å². The van der Waals surface area contributed by atoms with Crippen LogP contribution in [-0.4, -0.2) is 64.6 Å². The van der Waals surface area contributed by atoms with E-state index >= 15 is 4.39 Å². The summed E-state index contributed by atoms with van der Waals surface area (Å²) >= 11 is 0. The molecule has 0 bridgehead atoms. The summed E-state index contributed by atoms with van der Waals surface area (Å²) < 4.78 is 89.8. The zero-order valence-electron chi connectivity index (χ0n) is 24.0. The second-order valence-electron chi connectivity index (χ2n) is 11.3. The van der Waals surface area contributed by atoms with Gasteiger partial charge in [0.05, 0.1) is 30.6 Å². The van der Waals surface area contributed by atoms with Gasteiger partial charge >= 0.3 is 12.2 Å². The van der Waals surface area contributed by atoms with Gasteiger partial charge in [-0.2, -0.15) is 29.6 Å². The van der Waals surface area contributed by atoms with Crippen LogP contribution < -0.4 is 10.6 Å². The Labute approximate surface area is 273 Å². The number of fused-ring (bicyclic) bond motifs is 3. The van der Waals surface area contributed by atoms with Crippen molar-refractivity contribution in [2.24, 2.45) is 0 Å². The normalized spacial score (nSPS) is 23.1. The van der Waals surface area contributed by atoms with Gasteiger partial charge in [0.2, 0.25) is 0 Å². The van der Waals surface area contributed by atoms with Crippen LogP contribution in [0.25, 0.3) is 22.0 Å². The minimum absolute atomic E-state index is 0. The second-order valence-corrected chi connectivity index (χ2v) is 11.3. The predicted molar refractivity (Wildman–Crippen MR) is 149 cm³/mol. The van der Waals surface area contributed by atoms with Crippen molar-refractivity contribution >= 4 is 22.4 Å². The summed E-state index contributed by atoms with van der Waals surface area (Å²) in [4.78, 5) is 11.5. The number of hydrogen-bond donors (Lipinski definition) is 2. The van der Waals surface area contributed by atoms with Gasteiger partial charge in [-0.3, -0.25) is 0 Å². The number of benzene rings is 2. The fraction of sp³-hybridized carbons (Fsp3) is 0.433. The molecule has 14 heteroatoms. The first-order valence-electron chi connectivity index (χ1n) is 14.0. The topological polar surface area (TPSA) is 87.7 Å². The van der Waals surface area contributed by atoms with Crippen molar-refractivity contribution in [1.82, 2.24) is 14.9 Å². The number of ether oxygens (including phenoxy) is 1. The maximum absolute atomic E-state index is 15.9. The molecule has 4 heterocycles. The number of anilines is 2. The first-order chi connectivity index (χ1) is 20.3. The molecule has 44 heavy (non-hydrogen) atoms. The summed E-state index contributed by atoms with van der Waals surface area (Å²) in [6.07, 6.45) is -2.16. The molecule has 0 radical (unpaired) electrons. The number of rotatable bonds is 2. The molecule has 7 nitrogen and oxygen atoms in total. The molecule has 0 unspecified atom stereocenters. The molecule has 0 amide bonds. The van der Waals surface area contributed by atoms with E-state index in [9.17, 15) is 27.1 Å². The van der Waals surface area contributed by atoms with Crippen LogP contribution in [-0.2, 0) is 10.9 Å². The number of nitrogens with zero attached hydrogens (tertiary/aromatic N) is 4. The Morgan fingerprint density at radius 1 is 1.09 bits per heavy atom. The maximum Gasteiger partial charge on any atom is 0.417 e. The van der Waals surface area contributed by atoms with Crippen LogP contribution in [0.3, 0.4) is 0 Å². The average molecular weight is 845 g/mol. The molecule has 1 saturated carbocycles. The molecule has 4 aliphatic rings. The van der Waals surface area contributed by atoms with Crippen LogP contribution in [0.5, 0.6) is 6.01 Å². The molecular weight excluding hydrogens is 814 g/mol. The van der Waals surface area contributed by atoms with E-state index in [1.54, 1.807) is 0 Å². The number of nitrogen functional groups attached to an aromatic ring is 1. The Morgan fingerprint density at radius 2 is 1.84 bits per heavy atom. The van der Waals surface area contributed by atoms with Gasteiger partial charge in [0.15, 0.2) is 12.0 Å². The molecule has 2 saturated heterocycles. The zero-order valence-corrected chi connectivity index (χ0v) is 28.1. The van der Waals surface area contributed by atoms with Crippen LogP contribution in [0.4, 0.5) is 37.8 Å². The van der Waals surface area contributed by atoms with Gasteiger partial charge in [0.1, 0.15) is 17.9 Å². The largest absolute Gasteiger partial charge is 0.499 e. The van der Waals surface area contributed by atoms with E-state index < -0.39 is 47.5 Å². The average Bonchev–Trinajstić information content (AvgIpc) is 3.21. The summed E-state index contributed by atoms with van der Waals surface area (Å²) in [6, 6.07) is 3.56. The summed E-state index contributed by atoms with van der Waals surface area (Å²) in [5.74, 6) is -1.00. The second kappa shape index (κ2) is 12.3.